The van der Waals surface area contributed by atoms with E-state index in [2.05, 4.69) is 4.79 Å². The molecule has 0 fully saturated rings. The van der Waals surface area contributed by atoms with E-state index in [4.69, 9.17) is 19.8 Å². The molecule has 13 heavy (non-hydrogen) atoms. The summed E-state index contributed by atoms with van der Waals surface area (Å²) in [5.41, 5.74) is 7.72. The van der Waals surface area contributed by atoms with Crippen LogP contribution in [0.3, 0.4) is 0 Å². The second-order valence-electron chi connectivity index (χ2n) is 1.87. The van der Waals surface area contributed by atoms with Crippen molar-refractivity contribution in [2.24, 2.45) is 0 Å². The molecule has 0 aromatic rings. The number of hydrogen-bond donors (Lipinski definition) is 0. The Bertz CT molecular complexity index is 293. The van der Waals surface area contributed by atoms with E-state index in [1.54, 1.807) is 13.8 Å². The van der Waals surface area contributed by atoms with Gasteiger partial charge in [0.15, 0.2) is 6.07 Å². The fourth-order valence-corrected chi connectivity index (χ4v) is 1.87. The molecule has 0 unspecified atom stereocenters. The summed E-state index contributed by atoms with van der Waals surface area (Å²) in [6.07, 6.45) is 0. The third-order valence-corrected chi connectivity index (χ3v) is 2.96. The minimum absolute atomic E-state index is 0.109. The maximum Gasteiger partial charge on any atom is 0.477 e. The van der Waals surface area contributed by atoms with Crippen molar-refractivity contribution in [2.75, 3.05) is 13.2 Å². The van der Waals surface area contributed by atoms with Gasteiger partial charge in [-0.05, 0) is 13.8 Å². The molecule has 0 saturated heterocycles. The zero-order valence-corrected chi connectivity index (χ0v) is 8.32. The maximum absolute atomic E-state index is 11.6. The summed E-state index contributed by atoms with van der Waals surface area (Å²) in [7, 11) is -3.69. The van der Waals surface area contributed by atoms with Crippen LogP contribution in [-0.2, 0) is 13.6 Å². The molecule has 0 saturated carbocycles. The Balaban J connectivity index is 4.90. The molecular weight excluding hydrogens is 193 g/mol. The molecule has 0 aromatic heterocycles. The minimum Gasteiger partial charge on any atom is -0.359 e. The summed E-state index contributed by atoms with van der Waals surface area (Å²) in [6.45, 7) is 3.41. The van der Waals surface area contributed by atoms with Crippen molar-refractivity contribution in [3.05, 3.63) is 5.53 Å². The van der Waals surface area contributed by atoms with Crippen molar-refractivity contribution < 1.29 is 18.4 Å². The maximum atomic E-state index is 11.6. The molecule has 0 spiro atoms. The molecule has 6 nitrogen and oxygen atoms in total. The molecule has 0 amide bonds. The van der Waals surface area contributed by atoms with Crippen LogP contribution in [-0.4, -0.2) is 23.5 Å². The Hall–Kier alpha value is -0.980. The first-order valence-electron chi connectivity index (χ1n) is 3.66. The van der Waals surface area contributed by atoms with Crippen molar-refractivity contribution in [1.82, 2.24) is 0 Å². The fraction of sp³-hybridized carbons (Fsp3) is 0.667. The Morgan fingerprint density at radius 1 is 1.54 bits per heavy atom. The Kier molecular flexibility index (Phi) is 5.20. The lowest BCUT2D eigenvalue weighted by molar-refractivity contribution is -0.00144. The molecule has 0 radical (unpaired) electrons. The average Bonchev–Trinajstić information content (AvgIpc) is 2.07. The summed E-state index contributed by atoms with van der Waals surface area (Å²) in [6, 6.07) is 1.45. The first-order valence-corrected chi connectivity index (χ1v) is 5.20. The van der Waals surface area contributed by atoms with Gasteiger partial charge in [-0.1, -0.05) is 0 Å². The van der Waals surface area contributed by atoms with Gasteiger partial charge in [0, 0.05) is 0 Å². The van der Waals surface area contributed by atoms with E-state index in [1.807, 2.05) is 0 Å². The van der Waals surface area contributed by atoms with Crippen molar-refractivity contribution in [1.29, 1.82) is 5.26 Å². The first kappa shape index (κ1) is 12.0. The third-order valence-electron chi connectivity index (χ3n) is 1.05. The van der Waals surface area contributed by atoms with Gasteiger partial charge in [-0.15, -0.1) is 4.79 Å². The van der Waals surface area contributed by atoms with Gasteiger partial charge in [0.2, 0.25) is 0 Å². The second kappa shape index (κ2) is 5.63. The van der Waals surface area contributed by atoms with Crippen LogP contribution in [0.5, 0.6) is 0 Å². The highest BCUT2D eigenvalue weighted by atomic mass is 31.2. The van der Waals surface area contributed by atoms with Gasteiger partial charge in [0.05, 0.1) is 13.2 Å². The molecule has 0 aliphatic rings. The van der Waals surface area contributed by atoms with E-state index in [-0.39, 0.29) is 13.2 Å². The summed E-state index contributed by atoms with van der Waals surface area (Å²) < 4.78 is 21.1. The van der Waals surface area contributed by atoms with Gasteiger partial charge >= 0.3 is 13.0 Å². The van der Waals surface area contributed by atoms with Crippen LogP contribution in [0.25, 0.3) is 5.53 Å². The average molecular weight is 203 g/mol. The smallest absolute Gasteiger partial charge is 0.359 e. The van der Waals surface area contributed by atoms with Crippen LogP contribution in [0.4, 0.5) is 0 Å². The number of hydrogen-bond acceptors (Lipinski definition) is 4. The van der Waals surface area contributed by atoms with Crippen LogP contribution >= 0.6 is 7.60 Å². The predicted molar refractivity (Wildman–Crippen MR) is 45.1 cm³/mol. The Morgan fingerprint density at radius 3 is 2.23 bits per heavy atom. The lowest BCUT2D eigenvalue weighted by Crippen LogP contribution is -2.06. The molecule has 0 aromatic carbocycles. The fourth-order valence-electron chi connectivity index (χ4n) is 0.638. The largest absolute Gasteiger partial charge is 0.477 e. The number of nitriles is 1. The van der Waals surface area contributed by atoms with Crippen LogP contribution < -0.4 is 0 Å². The summed E-state index contributed by atoms with van der Waals surface area (Å²) in [4.78, 5) is 2.56. The standard InChI is InChI=1S/C6H10N3O3P/c1-3-11-13(10,12-4-2)6(5-7)9-8/h3-4H2,1-2H3. The molecule has 0 bridgehead atoms. The zero-order valence-electron chi connectivity index (χ0n) is 7.43. The van der Waals surface area contributed by atoms with Gasteiger partial charge in [-0.3, -0.25) is 9.05 Å². The van der Waals surface area contributed by atoms with Crippen LogP contribution in [0.15, 0.2) is 0 Å². The van der Waals surface area contributed by atoms with Crippen molar-refractivity contribution in [2.45, 2.75) is 13.8 Å². The number of nitrogens with zero attached hydrogens (tertiary/aromatic N) is 3. The molecule has 0 N–H and O–H groups in total. The highest BCUT2D eigenvalue weighted by Crippen LogP contribution is 2.48. The first-order chi connectivity index (χ1) is 6.14. The molecule has 0 heterocycles. The SMILES string of the molecule is CCOP(=O)(OCC)C(C#N)=[N+]=[N-]. The molecule has 0 aliphatic heterocycles. The molecule has 0 atom stereocenters. The van der Waals surface area contributed by atoms with E-state index < -0.39 is 13.0 Å². The van der Waals surface area contributed by atoms with Crippen molar-refractivity contribution in [3.63, 3.8) is 0 Å². The van der Waals surface area contributed by atoms with Gasteiger partial charge in [0.1, 0.15) is 0 Å². The van der Waals surface area contributed by atoms with E-state index in [0.29, 0.717) is 0 Å². The van der Waals surface area contributed by atoms with Gasteiger partial charge in [0.25, 0.3) is 0 Å². The quantitative estimate of drug-likeness (QED) is 0.292. The van der Waals surface area contributed by atoms with Crippen LogP contribution in [0.2, 0.25) is 0 Å². The van der Waals surface area contributed by atoms with Crippen LogP contribution in [0, 0.1) is 11.3 Å². The van der Waals surface area contributed by atoms with Gasteiger partial charge in [-0.2, -0.15) is 5.26 Å². The molecule has 0 rings (SSSR count). The summed E-state index contributed by atoms with van der Waals surface area (Å²) in [5, 5.41) is 8.44. The highest BCUT2D eigenvalue weighted by molar-refractivity contribution is 7.72. The Morgan fingerprint density at radius 2 is 2.00 bits per heavy atom. The second-order valence-corrected chi connectivity index (χ2v) is 3.80. The summed E-state index contributed by atoms with van der Waals surface area (Å²) in [5.74, 6) is 0. The van der Waals surface area contributed by atoms with Crippen LogP contribution in [0.1, 0.15) is 13.8 Å². The number of rotatable bonds is 5. The summed E-state index contributed by atoms with van der Waals surface area (Å²) >= 11 is 0. The van der Waals surface area contributed by atoms with E-state index in [9.17, 15) is 4.57 Å². The zero-order chi connectivity index (χ0) is 10.3. The Labute approximate surface area is 76.2 Å². The van der Waals surface area contributed by atoms with Gasteiger partial charge in [-0.25, -0.2) is 4.57 Å². The lowest BCUT2D eigenvalue weighted by atomic mass is 10.8. The molecule has 0 aliphatic carbocycles. The van der Waals surface area contributed by atoms with Crippen molar-refractivity contribution in [3.8, 4) is 6.07 Å². The topological polar surface area (TPSA) is 95.7 Å². The van der Waals surface area contributed by atoms with E-state index in [1.165, 1.54) is 6.07 Å². The monoisotopic (exact) mass is 203 g/mol. The minimum atomic E-state index is -3.69. The molecule has 72 valence electrons. The highest BCUT2D eigenvalue weighted by Gasteiger charge is 2.39. The normalized spacial score (nSPS) is 10.2. The van der Waals surface area contributed by atoms with Gasteiger partial charge < -0.3 is 5.53 Å². The predicted octanol–water partition coefficient (Wildman–Crippen LogP) is 1.40. The van der Waals surface area contributed by atoms with E-state index >= 15 is 0 Å². The lowest BCUT2D eigenvalue weighted by Gasteiger charge is -2.08. The third kappa shape index (κ3) is 3.10. The van der Waals surface area contributed by atoms with Crippen molar-refractivity contribution >= 4 is 13.0 Å². The van der Waals surface area contributed by atoms with E-state index in [0.717, 1.165) is 0 Å². The molecular formula is C6H10N3O3P. The molecule has 7 heteroatoms.